The van der Waals surface area contributed by atoms with Gasteiger partial charge >= 0.3 is 0 Å². The van der Waals surface area contributed by atoms with Crippen LogP contribution in [0.1, 0.15) is 60.3 Å². The fourth-order valence-corrected chi connectivity index (χ4v) is 5.38. The molecule has 0 unspecified atom stereocenters. The van der Waals surface area contributed by atoms with Gasteiger partial charge in [-0.1, -0.05) is 61.8 Å². The maximum atomic E-state index is 13.7. The monoisotopic (exact) mass is 487 g/mol. The molecular formula is C29H30ClN3O2. The first-order valence-electron chi connectivity index (χ1n) is 12.4. The summed E-state index contributed by atoms with van der Waals surface area (Å²) in [6.45, 7) is 5.23. The Labute approximate surface area is 211 Å². The summed E-state index contributed by atoms with van der Waals surface area (Å²) in [6, 6.07) is 15.7. The maximum absolute atomic E-state index is 13.7. The summed E-state index contributed by atoms with van der Waals surface area (Å²) < 4.78 is 0. The third-order valence-electron chi connectivity index (χ3n) is 7.04. The average Bonchev–Trinajstić information content (AvgIpc) is 3.25. The van der Waals surface area contributed by atoms with E-state index >= 15 is 0 Å². The summed E-state index contributed by atoms with van der Waals surface area (Å²) in [5, 5.41) is 4.86. The third-order valence-corrected chi connectivity index (χ3v) is 7.38. The summed E-state index contributed by atoms with van der Waals surface area (Å²) >= 11 is 6.41. The molecule has 2 heterocycles. The molecule has 2 aliphatic rings. The quantitative estimate of drug-likeness (QED) is 0.509. The summed E-state index contributed by atoms with van der Waals surface area (Å²) in [4.78, 5) is 32.9. The number of benzene rings is 2. The van der Waals surface area contributed by atoms with Crippen molar-refractivity contribution in [2.75, 3.05) is 13.1 Å². The Hall–Kier alpha value is -3.18. The molecule has 1 aliphatic heterocycles. The van der Waals surface area contributed by atoms with E-state index in [0.29, 0.717) is 18.1 Å². The molecule has 1 aromatic heterocycles. The molecule has 35 heavy (non-hydrogen) atoms. The van der Waals surface area contributed by atoms with Gasteiger partial charge in [0.05, 0.1) is 16.8 Å². The lowest BCUT2D eigenvalue weighted by atomic mass is 9.98. The van der Waals surface area contributed by atoms with Gasteiger partial charge in [0.25, 0.3) is 5.91 Å². The number of hydrogen-bond acceptors (Lipinski definition) is 3. The molecule has 1 saturated heterocycles. The van der Waals surface area contributed by atoms with Crippen LogP contribution in [0.5, 0.6) is 0 Å². The number of pyridine rings is 1. The SMILES string of the molecule is CC(C)C(=O)N1CCC(NC(=O)c2c3c(nc4ccccc24)/C(=C/c2ccccc2Cl)CC3)CC1. The van der Waals surface area contributed by atoms with Crippen molar-refractivity contribution in [3.63, 3.8) is 0 Å². The highest BCUT2D eigenvalue weighted by atomic mass is 35.5. The predicted octanol–water partition coefficient (Wildman–Crippen LogP) is 5.75. The van der Waals surface area contributed by atoms with Crippen LogP contribution in [0.25, 0.3) is 22.6 Å². The van der Waals surface area contributed by atoms with E-state index in [1.165, 1.54) is 0 Å². The summed E-state index contributed by atoms with van der Waals surface area (Å²) in [5.74, 6) is 0.137. The van der Waals surface area contributed by atoms with Crippen molar-refractivity contribution in [3.8, 4) is 0 Å². The molecule has 2 aromatic carbocycles. The lowest BCUT2D eigenvalue weighted by molar-refractivity contribution is -0.135. The smallest absolute Gasteiger partial charge is 0.252 e. The van der Waals surface area contributed by atoms with E-state index in [-0.39, 0.29) is 23.8 Å². The van der Waals surface area contributed by atoms with E-state index in [1.807, 2.05) is 67.3 Å². The molecule has 0 bridgehead atoms. The van der Waals surface area contributed by atoms with Crippen molar-refractivity contribution in [1.82, 2.24) is 15.2 Å². The number of nitrogens with one attached hydrogen (secondary N) is 1. The fraction of sp³-hybridized carbons (Fsp3) is 0.345. The van der Waals surface area contributed by atoms with Gasteiger partial charge in [-0.2, -0.15) is 0 Å². The Bertz CT molecular complexity index is 1320. The predicted molar refractivity (Wildman–Crippen MR) is 141 cm³/mol. The summed E-state index contributed by atoms with van der Waals surface area (Å²) in [5.41, 5.74) is 5.52. The number of carbonyl (C=O) groups is 2. The Morgan fingerprint density at radius 1 is 1.06 bits per heavy atom. The van der Waals surface area contributed by atoms with Crippen LogP contribution in [-0.2, 0) is 11.2 Å². The van der Waals surface area contributed by atoms with Crippen LogP contribution in [0.4, 0.5) is 0 Å². The Balaban J connectivity index is 1.45. The molecule has 3 aromatic rings. The van der Waals surface area contributed by atoms with Crippen molar-refractivity contribution >= 4 is 46.0 Å². The third kappa shape index (κ3) is 4.70. The largest absolute Gasteiger partial charge is 0.349 e. The number of amides is 2. The van der Waals surface area contributed by atoms with Crippen LogP contribution in [0.15, 0.2) is 48.5 Å². The zero-order chi connectivity index (χ0) is 24.5. The first kappa shape index (κ1) is 23.6. The number of nitrogens with zero attached hydrogens (tertiary/aromatic N) is 2. The number of likely N-dealkylation sites (tertiary alicyclic amines) is 1. The first-order valence-corrected chi connectivity index (χ1v) is 12.8. The van der Waals surface area contributed by atoms with E-state index in [9.17, 15) is 9.59 Å². The van der Waals surface area contributed by atoms with Crippen LogP contribution in [0.2, 0.25) is 5.02 Å². The van der Waals surface area contributed by atoms with E-state index in [0.717, 1.165) is 64.5 Å². The summed E-state index contributed by atoms with van der Waals surface area (Å²) in [6.07, 6.45) is 5.23. The van der Waals surface area contributed by atoms with Gasteiger partial charge in [-0.25, -0.2) is 4.98 Å². The van der Waals surface area contributed by atoms with Crippen molar-refractivity contribution in [3.05, 3.63) is 75.9 Å². The molecular weight excluding hydrogens is 458 g/mol. The molecule has 5 rings (SSSR count). The highest BCUT2D eigenvalue weighted by molar-refractivity contribution is 6.32. The van der Waals surface area contributed by atoms with Crippen LogP contribution < -0.4 is 5.32 Å². The normalized spacial score (nSPS) is 17.3. The molecule has 5 nitrogen and oxygen atoms in total. The minimum absolute atomic E-state index is 0.0000651. The second kappa shape index (κ2) is 9.82. The van der Waals surface area contributed by atoms with Gasteiger partial charge in [0.2, 0.25) is 5.91 Å². The second-order valence-corrected chi connectivity index (χ2v) is 10.2. The van der Waals surface area contributed by atoms with E-state index < -0.39 is 0 Å². The van der Waals surface area contributed by atoms with E-state index in [4.69, 9.17) is 16.6 Å². The molecule has 6 heteroatoms. The van der Waals surface area contributed by atoms with Gasteiger partial charge in [0.1, 0.15) is 0 Å². The molecule has 0 radical (unpaired) electrons. The Kier molecular flexibility index (Phi) is 6.61. The lowest BCUT2D eigenvalue weighted by Crippen LogP contribution is -2.47. The Morgan fingerprint density at radius 3 is 2.51 bits per heavy atom. The van der Waals surface area contributed by atoms with Crippen LogP contribution >= 0.6 is 11.6 Å². The number of aromatic nitrogens is 1. The van der Waals surface area contributed by atoms with Gasteiger partial charge in [0.15, 0.2) is 0 Å². The van der Waals surface area contributed by atoms with Crippen LogP contribution in [0, 0.1) is 5.92 Å². The van der Waals surface area contributed by atoms with Crippen LogP contribution in [0.3, 0.4) is 0 Å². The van der Waals surface area contributed by atoms with E-state index in [2.05, 4.69) is 11.4 Å². The minimum atomic E-state index is -0.0486. The zero-order valence-corrected chi connectivity index (χ0v) is 20.9. The fourth-order valence-electron chi connectivity index (χ4n) is 5.19. The lowest BCUT2D eigenvalue weighted by Gasteiger charge is -2.33. The number of fused-ring (bicyclic) bond motifs is 2. The number of carbonyl (C=O) groups excluding carboxylic acids is 2. The van der Waals surface area contributed by atoms with Gasteiger partial charge in [-0.05, 0) is 60.6 Å². The number of allylic oxidation sites excluding steroid dienone is 1. The zero-order valence-electron chi connectivity index (χ0n) is 20.2. The van der Waals surface area contributed by atoms with Crippen molar-refractivity contribution in [1.29, 1.82) is 0 Å². The molecule has 0 saturated carbocycles. The molecule has 1 N–H and O–H groups in total. The topological polar surface area (TPSA) is 62.3 Å². The van der Waals surface area contributed by atoms with E-state index in [1.54, 1.807) is 0 Å². The highest BCUT2D eigenvalue weighted by Crippen LogP contribution is 2.38. The molecule has 0 spiro atoms. The van der Waals surface area contributed by atoms with Crippen molar-refractivity contribution in [2.45, 2.75) is 45.6 Å². The highest BCUT2D eigenvalue weighted by Gasteiger charge is 2.30. The van der Waals surface area contributed by atoms with Gasteiger partial charge in [0, 0.05) is 35.5 Å². The first-order chi connectivity index (χ1) is 16.9. The van der Waals surface area contributed by atoms with Gasteiger partial charge in [-0.3, -0.25) is 9.59 Å². The average molecular weight is 488 g/mol. The standard InChI is InChI=1S/C29H30ClN3O2/c1-18(2)29(35)33-15-13-21(14-16-33)31-28(34)26-22-8-4-6-10-25(22)32-27-20(11-12-23(26)27)17-19-7-3-5-9-24(19)30/h3-10,17-18,21H,11-16H2,1-2H3,(H,31,34)/b20-17+. The second-order valence-electron chi connectivity index (χ2n) is 9.75. The molecule has 0 atom stereocenters. The molecule has 180 valence electrons. The molecule has 2 amide bonds. The number of piperidine rings is 1. The molecule has 1 aliphatic carbocycles. The number of para-hydroxylation sites is 1. The molecule has 1 fully saturated rings. The number of halogens is 1. The Morgan fingerprint density at radius 2 is 1.77 bits per heavy atom. The number of hydrogen-bond donors (Lipinski definition) is 1. The maximum Gasteiger partial charge on any atom is 0.252 e. The number of rotatable bonds is 4. The summed E-state index contributed by atoms with van der Waals surface area (Å²) in [7, 11) is 0. The minimum Gasteiger partial charge on any atom is -0.349 e. The van der Waals surface area contributed by atoms with Crippen LogP contribution in [-0.4, -0.2) is 40.8 Å². The van der Waals surface area contributed by atoms with Crippen molar-refractivity contribution in [2.24, 2.45) is 5.92 Å². The van der Waals surface area contributed by atoms with Gasteiger partial charge in [-0.15, -0.1) is 0 Å². The van der Waals surface area contributed by atoms with Gasteiger partial charge < -0.3 is 10.2 Å². The van der Waals surface area contributed by atoms with Crippen molar-refractivity contribution < 1.29 is 9.59 Å².